The van der Waals surface area contributed by atoms with Gasteiger partial charge in [0, 0.05) is 12.7 Å². The Morgan fingerprint density at radius 1 is 1.30 bits per heavy atom. The summed E-state index contributed by atoms with van der Waals surface area (Å²) in [5.74, 6) is 0.925. The Kier molecular flexibility index (Phi) is 5.40. The standard InChI is InChI=1S/C16H21N7O3S/c1-4-7-23-16(18-20-21-23)11-22-10-13(9-17-22)19-27(24,25)15-8-12(2)5-6-14(15)26-3/h5-6,8-10,19H,4,7,11H2,1-3H3. The Morgan fingerprint density at radius 2 is 2.11 bits per heavy atom. The molecule has 0 aliphatic rings. The van der Waals surface area contributed by atoms with Crippen molar-refractivity contribution in [3.63, 3.8) is 0 Å². The van der Waals surface area contributed by atoms with Gasteiger partial charge in [-0.05, 0) is 41.5 Å². The number of ether oxygens (including phenoxy) is 1. The van der Waals surface area contributed by atoms with E-state index < -0.39 is 10.0 Å². The number of nitrogens with zero attached hydrogens (tertiary/aromatic N) is 6. The molecular formula is C16H21N7O3S. The Balaban J connectivity index is 1.79. The van der Waals surface area contributed by atoms with Crippen LogP contribution in [0.4, 0.5) is 5.69 Å². The summed E-state index contributed by atoms with van der Waals surface area (Å²) in [6.45, 7) is 4.89. The third-order valence-corrected chi connectivity index (χ3v) is 5.24. The van der Waals surface area contributed by atoms with E-state index in [1.54, 1.807) is 33.8 Å². The molecule has 0 amide bonds. The van der Waals surface area contributed by atoms with Gasteiger partial charge in [-0.1, -0.05) is 13.0 Å². The summed E-state index contributed by atoms with van der Waals surface area (Å²) in [6.07, 6.45) is 3.93. The Bertz CT molecular complexity index is 1030. The van der Waals surface area contributed by atoms with E-state index in [1.807, 2.05) is 13.8 Å². The molecule has 0 bridgehead atoms. The first kappa shape index (κ1) is 18.8. The number of rotatable bonds is 8. The van der Waals surface area contributed by atoms with Crippen LogP contribution in [-0.4, -0.2) is 45.5 Å². The Hall–Kier alpha value is -2.95. The zero-order valence-corrected chi connectivity index (χ0v) is 16.1. The zero-order valence-electron chi connectivity index (χ0n) is 15.3. The molecule has 10 nitrogen and oxygen atoms in total. The second-order valence-corrected chi connectivity index (χ2v) is 7.66. The van der Waals surface area contributed by atoms with Gasteiger partial charge >= 0.3 is 0 Å². The van der Waals surface area contributed by atoms with Crippen LogP contribution in [0.25, 0.3) is 0 Å². The highest BCUT2D eigenvalue weighted by Gasteiger charge is 2.20. The molecule has 0 fully saturated rings. The average Bonchev–Trinajstić information content (AvgIpc) is 3.25. The molecule has 0 saturated heterocycles. The minimum absolute atomic E-state index is 0.0737. The van der Waals surface area contributed by atoms with Crippen molar-refractivity contribution < 1.29 is 13.2 Å². The molecule has 0 saturated carbocycles. The van der Waals surface area contributed by atoms with Crippen molar-refractivity contribution in [1.82, 2.24) is 30.0 Å². The molecule has 2 heterocycles. The number of anilines is 1. The zero-order chi connectivity index (χ0) is 19.4. The SMILES string of the molecule is CCCn1nnnc1Cn1cc(NS(=O)(=O)c2cc(C)ccc2OC)cn1. The maximum atomic E-state index is 12.7. The minimum Gasteiger partial charge on any atom is -0.495 e. The van der Waals surface area contributed by atoms with Crippen molar-refractivity contribution in [2.45, 2.75) is 38.3 Å². The number of hydrogen-bond donors (Lipinski definition) is 1. The van der Waals surface area contributed by atoms with E-state index in [4.69, 9.17) is 4.74 Å². The van der Waals surface area contributed by atoms with Gasteiger partial charge in [0.2, 0.25) is 0 Å². The molecule has 1 aromatic carbocycles. The fourth-order valence-corrected chi connectivity index (χ4v) is 3.86. The second-order valence-electron chi connectivity index (χ2n) is 6.00. The van der Waals surface area contributed by atoms with Gasteiger partial charge in [-0.3, -0.25) is 9.40 Å². The van der Waals surface area contributed by atoms with Crippen molar-refractivity contribution in [1.29, 1.82) is 0 Å². The van der Waals surface area contributed by atoms with E-state index in [1.165, 1.54) is 13.3 Å². The van der Waals surface area contributed by atoms with Crippen LogP contribution in [0.3, 0.4) is 0 Å². The van der Waals surface area contributed by atoms with Crippen LogP contribution in [0.1, 0.15) is 24.7 Å². The summed E-state index contributed by atoms with van der Waals surface area (Å²) in [5, 5.41) is 15.8. The van der Waals surface area contributed by atoms with E-state index >= 15 is 0 Å². The minimum atomic E-state index is -3.82. The normalized spacial score (nSPS) is 11.5. The van der Waals surface area contributed by atoms with Crippen molar-refractivity contribution in [3.8, 4) is 5.75 Å². The first-order valence-electron chi connectivity index (χ1n) is 8.38. The lowest BCUT2D eigenvalue weighted by atomic mass is 10.2. The van der Waals surface area contributed by atoms with Crippen LogP contribution in [-0.2, 0) is 23.1 Å². The van der Waals surface area contributed by atoms with Crippen molar-refractivity contribution >= 4 is 15.7 Å². The number of methoxy groups -OCH3 is 1. The van der Waals surface area contributed by atoms with Gasteiger partial charge in [0.25, 0.3) is 10.0 Å². The molecule has 0 aliphatic heterocycles. The summed E-state index contributed by atoms with van der Waals surface area (Å²) < 4.78 is 36.4. The largest absolute Gasteiger partial charge is 0.495 e. The van der Waals surface area contributed by atoms with Gasteiger partial charge < -0.3 is 4.74 Å². The molecule has 0 unspecified atom stereocenters. The number of benzene rings is 1. The van der Waals surface area contributed by atoms with Crippen LogP contribution in [0.5, 0.6) is 5.75 Å². The third kappa shape index (κ3) is 4.25. The van der Waals surface area contributed by atoms with Crippen molar-refractivity contribution in [2.75, 3.05) is 11.8 Å². The van der Waals surface area contributed by atoms with E-state index in [0.717, 1.165) is 12.0 Å². The highest BCUT2D eigenvalue weighted by atomic mass is 32.2. The number of nitrogens with one attached hydrogen (secondary N) is 1. The van der Waals surface area contributed by atoms with E-state index in [2.05, 4.69) is 25.3 Å². The van der Waals surface area contributed by atoms with Crippen molar-refractivity contribution in [3.05, 3.63) is 42.0 Å². The maximum Gasteiger partial charge on any atom is 0.265 e. The quantitative estimate of drug-likeness (QED) is 0.617. The summed E-state index contributed by atoms with van der Waals surface area (Å²) >= 11 is 0. The predicted octanol–water partition coefficient (Wildman–Crippen LogP) is 1.45. The highest BCUT2D eigenvalue weighted by Crippen LogP contribution is 2.26. The molecule has 27 heavy (non-hydrogen) atoms. The number of aryl methyl sites for hydroxylation is 2. The molecule has 3 aromatic rings. The van der Waals surface area contributed by atoms with Gasteiger partial charge in [-0.2, -0.15) is 5.10 Å². The maximum absolute atomic E-state index is 12.7. The van der Waals surface area contributed by atoms with Crippen LogP contribution in [0.2, 0.25) is 0 Å². The summed E-state index contributed by atoms with van der Waals surface area (Å²) in [5.41, 5.74) is 1.16. The lowest BCUT2D eigenvalue weighted by Crippen LogP contribution is -2.14. The van der Waals surface area contributed by atoms with Crippen LogP contribution < -0.4 is 9.46 Å². The summed E-state index contributed by atoms with van der Waals surface area (Å²) in [4.78, 5) is 0.0737. The molecule has 0 radical (unpaired) electrons. The number of tetrazole rings is 1. The first-order valence-corrected chi connectivity index (χ1v) is 9.86. The van der Waals surface area contributed by atoms with Gasteiger partial charge in [-0.15, -0.1) is 5.10 Å². The second kappa shape index (κ2) is 7.74. The smallest absolute Gasteiger partial charge is 0.265 e. The number of sulfonamides is 1. The lowest BCUT2D eigenvalue weighted by Gasteiger charge is -2.11. The van der Waals surface area contributed by atoms with Gasteiger partial charge in [0.15, 0.2) is 5.82 Å². The number of aromatic nitrogens is 6. The van der Waals surface area contributed by atoms with Crippen LogP contribution in [0, 0.1) is 6.92 Å². The predicted molar refractivity (Wildman–Crippen MR) is 98.0 cm³/mol. The molecule has 11 heteroatoms. The third-order valence-electron chi connectivity index (χ3n) is 3.84. The molecule has 0 atom stereocenters. The topological polar surface area (TPSA) is 117 Å². The van der Waals surface area contributed by atoms with Crippen LogP contribution >= 0.6 is 0 Å². The molecule has 2 aromatic heterocycles. The van der Waals surface area contributed by atoms with E-state index in [-0.39, 0.29) is 10.6 Å². The molecule has 0 spiro atoms. The highest BCUT2D eigenvalue weighted by molar-refractivity contribution is 7.92. The fraction of sp³-hybridized carbons (Fsp3) is 0.375. The lowest BCUT2D eigenvalue weighted by molar-refractivity contribution is 0.402. The Morgan fingerprint density at radius 3 is 2.85 bits per heavy atom. The molecule has 1 N–H and O–H groups in total. The summed E-state index contributed by atoms with van der Waals surface area (Å²) in [7, 11) is -2.39. The van der Waals surface area contributed by atoms with Crippen molar-refractivity contribution in [2.24, 2.45) is 0 Å². The fourth-order valence-electron chi connectivity index (χ4n) is 2.57. The molecule has 0 aliphatic carbocycles. The van der Waals surface area contributed by atoms with E-state index in [0.29, 0.717) is 24.6 Å². The first-order chi connectivity index (χ1) is 12.9. The average molecular weight is 391 g/mol. The van der Waals surface area contributed by atoms with Gasteiger partial charge in [0.1, 0.15) is 17.2 Å². The van der Waals surface area contributed by atoms with Gasteiger partial charge in [-0.25, -0.2) is 13.1 Å². The molecular weight excluding hydrogens is 370 g/mol. The van der Waals surface area contributed by atoms with Gasteiger partial charge in [0.05, 0.1) is 19.0 Å². The van der Waals surface area contributed by atoms with E-state index in [9.17, 15) is 8.42 Å². The monoisotopic (exact) mass is 391 g/mol. The van der Waals surface area contributed by atoms with Crippen LogP contribution in [0.15, 0.2) is 35.5 Å². The number of hydrogen-bond acceptors (Lipinski definition) is 7. The molecule has 144 valence electrons. The Labute approximate surface area is 157 Å². The summed E-state index contributed by atoms with van der Waals surface area (Å²) in [6, 6.07) is 4.97. The molecule has 3 rings (SSSR count).